The fraction of sp³-hybridized carbons (Fsp3) is 0.588. The Bertz CT molecular complexity index is 560. The van der Waals surface area contributed by atoms with Crippen molar-refractivity contribution in [1.29, 1.82) is 0 Å². The molecule has 7 N–H and O–H groups in total. The van der Waals surface area contributed by atoms with Crippen molar-refractivity contribution >= 4 is 13.1 Å². The van der Waals surface area contributed by atoms with Crippen molar-refractivity contribution in [3.05, 3.63) is 35.9 Å². The molecule has 0 aromatic heterocycles. The fourth-order valence-electron chi connectivity index (χ4n) is 3.63. The average Bonchev–Trinajstić information content (AvgIpc) is 2.85. The Morgan fingerprint density at radius 3 is 2.64 bits per heavy atom. The topological polar surface area (TPSA) is 133 Å². The van der Waals surface area contributed by atoms with Gasteiger partial charge in [-0.3, -0.25) is 9.69 Å². The summed E-state index contributed by atoms with van der Waals surface area (Å²) < 4.78 is 0. The number of aliphatic carboxylic acids is 1. The summed E-state index contributed by atoms with van der Waals surface area (Å²) in [4.78, 5) is 13.7. The molecule has 7 nitrogen and oxygen atoms in total. The number of nitrogens with zero attached hydrogens (tertiary/aromatic N) is 1. The van der Waals surface area contributed by atoms with Gasteiger partial charge in [-0.05, 0) is 24.7 Å². The third-order valence-corrected chi connectivity index (χ3v) is 4.94. The molecule has 1 heterocycles. The van der Waals surface area contributed by atoms with Crippen molar-refractivity contribution in [3.8, 4) is 0 Å². The molecule has 1 aromatic rings. The van der Waals surface area contributed by atoms with E-state index in [1.54, 1.807) is 0 Å². The van der Waals surface area contributed by atoms with Gasteiger partial charge in [-0.1, -0.05) is 36.8 Å². The maximum atomic E-state index is 11.7. The molecule has 1 aliphatic heterocycles. The predicted octanol–water partition coefficient (Wildman–Crippen LogP) is -0.477. The molecule has 1 aliphatic rings. The molecule has 0 bridgehead atoms. The van der Waals surface area contributed by atoms with Crippen LogP contribution >= 0.6 is 0 Å². The van der Waals surface area contributed by atoms with Gasteiger partial charge in [-0.2, -0.15) is 0 Å². The van der Waals surface area contributed by atoms with Crippen LogP contribution in [0.3, 0.4) is 0 Å². The van der Waals surface area contributed by atoms with Gasteiger partial charge in [0, 0.05) is 31.6 Å². The summed E-state index contributed by atoms with van der Waals surface area (Å²) >= 11 is 0. The van der Waals surface area contributed by atoms with Gasteiger partial charge in [0.1, 0.15) is 5.54 Å². The normalized spacial score (nSPS) is 25.0. The average molecular weight is 349 g/mol. The number of carbonyl (C=O) groups is 1. The lowest BCUT2D eigenvalue weighted by molar-refractivity contribution is -0.144. The second-order valence-electron chi connectivity index (χ2n) is 7.10. The molecule has 0 radical (unpaired) electrons. The monoisotopic (exact) mass is 349 g/mol. The molecule has 1 saturated heterocycles. The summed E-state index contributed by atoms with van der Waals surface area (Å²) in [6, 6.07) is 9.85. The summed E-state index contributed by atoms with van der Waals surface area (Å²) in [5.74, 6) is -1.24. The van der Waals surface area contributed by atoms with Crippen LogP contribution in [0.5, 0.6) is 0 Å². The van der Waals surface area contributed by atoms with E-state index in [0.717, 1.165) is 12.0 Å². The minimum atomic E-state index is -1.37. The Morgan fingerprint density at radius 2 is 2.04 bits per heavy atom. The van der Waals surface area contributed by atoms with Crippen molar-refractivity contribution in [2.24, 2.45) is 17.4 Å². The molecule has 25 heavy (non-hydrogen) atoms. The van der Waals surface area contributed by atoms with Crippen LogP contribution in [0.15, 0.2) is 30.3 Å². The Kier molecular flexibility index (Phi) is 6.98. The van der Waals surface area contributed by atoms with Crippen LogP contribution < -0.4 is 11.5 Å². The summed E-state index contributed by atoms with van der Waals surface area (Å²) in [5.41, 5.74) is 12.3. The first-order valence-corrected chi connectivity index (χ1v) is 8.71. The molecule has 0 amide bonds. The van der Waals surface area contributed by atoms with Crippen LogP contribution in [-0.2, 0) is 11.2 Å². The minimum absolute atomic E-state index is 0.0986. The molecular formula is C17H28BN3O4. The van der Waals surface area contributed by atoms with E-state index >= 15 is 0 Å². The van der Waals surface area contributed by atoms with Crippen molar-refractivity contribution in [3.63, 3.8) is 0 Å². The Morgan fingerprint density at radius 1 is 1.36 bits per heavy atom. The van der Waals surface area contributed by atoms with Gasteiger partial charge in [0.05, 0.1) is 0 Å². The maximum Gasteiger partial charge on any atom is 0.451 e. The van der Waals surface area contributed by atoms with Gasteiger partial charge in [-0.25, -0.2) is 0 Å². The van der Waals surface area contributed by atoms with Crippen molar-refractivity contribution in [2.45, 2.75) is 37.2 Å². The van der Waals surface area contributed by atoms with E-state index < -0.39 is 18.6 Å². The summed E-state index contributed by atoms with van der Waals surface area (Å²) in [6.45, 7) is 1.41. The highest BCUT2D eigenvalue weighted by Gasteiger charge is 2.49. The first-order valence-electron chi connectivity index (χ1n) is 8.71. The Labute approximate surface area is 148 Å². The minimum Gasteiger partial charge on any atom is -0.480 e. The number of likely N-dealkylation sites (tertiary alicyclic amines) is 1. The highest BCUT2D eigenvalue weighted by molar-refractivity contribution is 6.40. The highest BCUT2D eigenvalue weighted by Crippen LogP contribution is 2.30. The molecule has 1 aromatic carbocycles. The zero-order valence-electron chi connectivity index (χ0n) is 14.4. The molecular weight excluding hydrogens is 321 g/mol. The number of rotatable bonds is 9. The molecule has 3 atom stereocenters. The van der Waals surface area contributed by atoms with Gasteiger partial charge in [0.25, 0.3) is 0 Å². The molecule has 138 valence electrons. The SMILES string of the molecule is N[C@H](Cc1ccccc1)CN1C[C@H](CCCB(O)O)[C@](N)(C(=O)O)C1. The van der Waals surface area contributed by atoms with E-state index in [-0.39, 0.29) is 24.8 Å². The van der Waals surface area contributed by atoms with Crippen LogP contribution in [0, 0.1) is 5.92 Å². The lowest BCUT2D eigenvalue weighted by Crippen LogP contribution is -2.55. The molecule has 8 heteroatoms. The Balaban J connectivity index is 1.92. The third-order valence-electron chi connectivity index (χ3n) is 4.94. The van der Waals surface area contributed by atoms with Crippen LogP contribution in [0.4, 0.5) is 0 Å². The predicted molar refractivity (Wildman–Crippen MR) is 96.8 cm³/mol. The van der Waals surface area contributed by atoms with Crippen molar-refractivity contribution in [1.82, 2.24) is 4.90 Å². The van der Waals surface area contributed by atoms with Gasteiger partial charge in [0.15, 0.2) is 0 Å². The Hall–Kier alpha value is -1.45. The van der Waals surface area contributed by atoms with E-state index in [4.69, 9.17) is 21.5 Å². The van der Waals surface area contributed by atoms with Gasteiger partial charge < -0.3 is 26.6 Å². The number of benzene rings is 1. The van der Waals surface area contributed by atoms with E-state index in [2.05, 4.69) is 0 Å². The molecule has 2 rings (SSSR count). The number of nitrogens with two attached hydrogens (primary N) is 2. The lowest BCUT2D eigenvalue weighted by Gasteiger charge is -2.25. The van der Waals surface area contributed by atoms with Crippen LogP contribution in [0.2, 0.25) is 6.32 Å². The van der Waals surface area contributed by atoms with Crippen LogP contribution in [-0.4, -0.2) is 64.4 Å². The number of carboxylic acids is 1. The van der Waals surface area contributed by atoms with Crippen LogP contribution in [0.1, 0.15) is 18.4 Å². The number of carboxylic acid groups (broad SMARTS) is 1. The molecule has 0 spiro atoms. The van der Waals surface area contributed by atoms with Crippen molar-refractivity contribution in [2.75, 3.05) is 19.6 Å². The second-order valence-corrected chi connectivity index (χ2v) is 7.10. The van der Waals surface area contributed by atoms with E-state index in [0.29, 0.717) is 25.9 Å². The number of hydrogen-bond acceptors (Lipinski definition) is 6. The van der Waals surface area contributed by atoms with Gasteiger partial charge in [-0.15, -0.1) is 0 Å². The molecule has 0 saturated carbocycles. The largest absolute Gasteiger partial charge is 0.480 e. The maximum absolute atomic E-state index is 11.7. The van der Waals surface area contributed by atoms with Gasteiger partial charge >= 0.3 is 13.1 Å². The summed E-state index contributed by atoms with van der Waals surface area (Å²) in [5, 5.41) is 27.5. The number of hydrogen-bond donors (Lipinski definition) is 5. The highest BCUT2D eigenvalue weighted by atomic mass is 16.4. The van der Waals surface area contributed by atoms with E-state index in [1.165, 1.54) is 0 Å². The summed E-state index contributed by atoms with van der Waals surface area (Å²) in [7, 11) is -1.37. The van der Waals surface area contributed by atoms with E-state index in [9.17, 15) is 9.90 Å². The van der Waals surface area contributed by atoms with Crippen LogP contribution in [0.25, 0.3) is 0 Å². The molecule has 0 unspecified atom stereocenters. The first kappa shape index (κ1) is 19.9. The molecule has 1 fully saturated rings. The van der Waals surface area contributed by atoms with Crippen molar-refractivity contribution < 1.29 is 19.9 Å². The fourth-order valence-corrected chi connectivity index (χ4v) is 3.63. The zero-order valence-corrected chi connectivity index (χ0v) is 14.4. The summed E-state index contributed by atoms with van der Waals surface area (Å²) in [6.07, 6.45) is 2.02. The standard InChI is InChI=1S/C17H28BN3O4/c19-15(9-13-5-2-1-3-6-13)11-21-10-14(7-4-8-18(24)25)17(20,12-21)16(22)23/h1-3,5-6,14-15,24-25H,4,7-12,19-20H2,(H,22,23)/t14-,15+,17-/m0/s1. The lowest BCUT2D eigenvalue weighted by atomic mass is 9.78. The second kappa shape index (κ2) is 8.78. The molecule has 0 aliphatic carbocycles. The third kappa shape index (κ3) is 5.52. The quantitative estimate of drug-likeness (QED) is 0.380. The van der Waals surface area contributed by atoms with E-state index in [1.807, 2.05) is 35.2 Å². The van der Waals surface area contributed by atoms with Gasteiger partial charge in [0.2, 0.25) is 0 Å². The first-order chi connectivity index (χ1) is 11.8. The smallest absolute Gasteiger partial charge is 0.451 e. The zero-order chi connectivity index (χ0) is 18.4.